The van der Waals surface area contributed by atoms with Gasteiger partial charge in [-0.15, -0.1) is 0 Å². The Bertz CT molecular complexity index is 1820. The first kappa shape index (κ1) is 34.9. The van der Waals surface area contributed by atoms with E-state index in [1.807, 2.05) is 94.4 Å². The maximum atomic E-state index is 14.8. The minimum Gasteiger partial charge on any atom is -0.352 e. The average Bonchev–Trinajstić information content (AvgIpc) is 3.07. The van der Waals surface area contributed by atoms with E-state index >= 15 is 0 Å². The lowest BCUT2D eigenvalue weighted by molar-refractivity contribution is -0.140. The summed E-state index contributed by atoms with van der Waals surface area (Å²) < 4.78 is 30.0. The lowest BCUT2D eigenvalue weighted by atomic mass is 9.94. The Balaban J connectivity index is 1.59. The highest BCUT2D eigenvalue weighted by Gasteiger charge is 2.36. The van der Waals surface area contributed by atoms with Crippen LogP contribution in [0, 0.1) is 27.7 Å². The van der Waals surface area contributed by atoms with E-state index in [2.05, 4.69) is 5.32 Å². The molecule has 0 bridgehead atoms. The number of carbonyl (C=O) groups excluding carboxylic acids is 2. The number of aryl methyl sites for hydroxylation is 4. The molecule has 1 saturated carbocycles. The number of hydrogen-bond donors (Lipinski definition) is 1. The molecular formula is C40H47N3O4S. The van der Waals surface area contributed by atoms with Crippen molar-refractivity contribution in [2.75, 3.05) is 10.8 Å². The van der Waals surface area contributed by atoms with Crippen LogP contribution in [-0.4, -0.2) is 43.8 Å². The highest BCUT2D eigenvalue weighted by molar-refractivity contribution is 7.92. The van der Waals surface area contributed by atoms with Crippen LogP contribution < -0.4 is 9.62 Å². The minimum atomic E-state index is -4.16. The number of nitrogens with zero attached hydrogens (tertiary/aromatic N) is 2. The van der Waals surface area contributed by atoms with Gasteiger partial charge in [0.25, 0.3) is 10.0 Å². The van der Waals surface area contributed by atoms with Gasteiger partial charge in [0.2, 0.25) is 11.8 Å². The number of benzene rings is 4. The number of hydrogen-bond acceptors (Lipinski definition) is 4. The Labute approximate surface area is 286 Å². The van der Waals surface area contributed by atoms with Crippen molar-refractivity contribution in [1.82, 2.24) is 10.2 Å². The summed E-state index contributed by atoms with van der Waals surface area (Å²) in [6.45, 7) is 7.38. The fourth-order valence-electron chi connectivity index (χ4n) is 6.51. The first-order chi connectivity index (χ1) is 23.0. The molecule has 1 aliphatic carbocycles. The molecule has 0 heterocycles. The first-order valence-electron chi connectivity index (χ1n) is 16.9. The highest BCUT2D eigenvalue weighted by Crippen LogP contribution is 2.29. The van der Waals surface area contributed by atoms with Crippen LogP contribution in [0.4, 0.5) is 5.69 Å². The molecule has 7 nitrogen and oxygen atoms in total. The fraction of sp³-hybridized carbons (Fsp3) is 0.350. The maximum Gasteiger partial charge on any atom is 0.264 e. The third kappa shape index (κ3) is 8.53. The van der Waals surface area contributed by atoms with Gasteiger partial charge < -0.3 is 10.2 Å². The molecular weight excluding hydrogens is 619 g/mol. The van der Waals surface area contributed by atoms with Crippen LogP contribution in [0.2, 0.25) is 0 Å². The quantitative estimate of drug-likeness (QED) is 0.173. The van der Waals surface area contributed by atoms with E-state index in [0.29, 0.717) is 12.1 Å². The molecule has 2 amide bonds. The second-order valence-corrected chi connectivity index (χ2v) is 15.0. The molecule has 0 saturated heterocycles. The van der Waals surface area contributed by atoms with Gasteiger partial charge in [-0.3, -0.25) is 13.9 Å². The van der Waals surface area contributed by atoms with Gasteiger partial charge in [-0.25, -0.2) is 8.42 Å². The average molecular weight is 666 g/mol. The molecule has 1 fully saturated rings. The molecule has 252 valence electrons. The van der Waals surface area contributed by atoms with Gasteiger partial charge in [-0.05, 0) is 81.0 Å². The van der Waals surface area contributed by atoms with Gasteiger partial charge in [-0.2, -0.15) is 0 Å². The molecule has 4 aromatic rings. The van der Waals surface area contributed by atoms with Gasteiger partial charge in [0.05, 0.1) is 10.6 Å². The molecule has 5 rings (SSSR count). The van der Waals surface area contributed by atoms with Crippen LogP contribution in [0.25, 0.3) is 0 Å². The SMILES string of the molecule is Cc1ccc(S(=O)(=O)N(CC(=O)N(Cc2ccccc2C)[C@H](Cc2ccccc2)C(=O)NC2CCCCC2)c2ccc(C)cc2C)cc1. The summed E-state index contributed by atoms with van der Waals surface area (Å²) in [6, 6.07) is 28.9. The van der Waals surface area contributed by atoms with Crippen LogP contribution in [0.1, 0.15) is 65.5 Å². The largest absolute Gasteiger partial charge is 0.352 e. The van der Waals surface area contributed by atoms with E-state index in [9.17, 15) is 18.0 Å². The second kappa shape index (κ2) is 15.6. The predicted octanol–water partition coefficient (Wildman–Crippen LogP) is 7.20. The number of nitrogens with one attached hydrogen (secondary N) is 1. The van der Waals surface area contributed by atoms with Crippen molar-refractivity contribution >= 4 is 27.5 Å². The molecule has 4 aromatic carbocycles. The molecule has 0 spiro atoms. The highest BCUT2D eigenvalue weighted by atomic mass is 32.2. The standard InChI is InChI=1S/C40H47N3O4S/c1-29-19-22-36(23-20-29)48(46,47)43(37-24-21-30(2)25-32(37)4)28-39(44)42(27-34-16-12-11-13-31(34)3)38(26-33-14-7-5-8-15-33)40(45)41-35-17-9-6-10-18-35/h5,7-8,11-16,19-25,35,38H,6,9-10,17-18,26-28H2,1-4H3,(H,41,45)/t38-/m1/s1. The molecule has 0 radical (unpaired) electrons. The summed E-state index contributed by atoms with van der Waals surface area (Å²) in [4.78, 5) is 30.8. The van der Waals surface area contributed by atoms with Gasteiger partial charge in [0, 0.05) is 19.0 Å². The molecule has 0 aliphatic heterocycles. The molecule has 0 aromatic heterocycles. The smallest absolute Gasteiger partial charge is 0.264 e. The summed E-state index contributed by atoms with van der Waals surface area (Å²) in [7, 11) is -4.16. The van der Waals surface area contributed by atoms with Gasteiger partial charge in [0.15, 0.2) is 0 Å². The van der Waals surface area contributed by atoms with Gasteiger partial charge in [0.1, 0.15) is 12.6 Å². The number of anilines is 1. The third-order valence-corrected chi connectivity index (χ3v) is 11.1. The molecule has 1 N–H and O–H groups in total. The molecule has 0 unspecified atom stereocenters. The number of rotatable bonds is 12. The monoisotopic (exact) mass is 665 g/mol. The van der Waals surface area contributed by atoms with Crippen molar-refractivity contribution in [3.8, 4) is 0 Å². The topological polar surface area (TPSA) is 86.8 Å². The Morgan fingerprint density at radius 1 is 0.771 bits per heavy atom. The summed E-state index contributed by atoms with van der Waals surface area (Å²) >= 11 is 0. The number of carbonyl (C=O) groups is 2. The molecule has 8 heteroatoms. The zero-order valence-electron chi connectivity index (χ0n) is 28.5. The van der Waals surface area contributed by atoms with E-state index in [-0.39, 0.29) is 23.4 Å². The summed E-state index contributed by atoms with van der Waals surface area (Å²) in [6.07, 6.45) is 5.38. The lowest BCUT2D eigenvalue weighted by Crippen LogP contribution is -2.55. The van der Waals surface area contributed by atoms with E-state index in [1.165, 1.54) is 4.31 Å². The van der Waals surface area contributed by atoms with Crippen molar-refractivity contribution in [2.45, 2.75) is 89.7 Å². The summed E-state index contributed by atoms with van der Waals surface area (Å²) in [5.74, 6) is -0.666. The zero-order valence-corrected chi connectivity index (χ0v) is 29.3. The van der Waals surface area contributed by atoms with E-state index in [0.717, 1.165) is 65.5 Å². The van der Waals surface area contributed by atoms with Crippen LogP contribution in [0.15, 0.2) is 102 Å². The van der Waals surface area contributed by atoms with Crippen molar-refractivity contribution in [2.24, 2.45) is 0 Å². The van der Waals surface area contributed by atoms with Gasteiger partial charge >= 0.3 is 0 Å². The normalized spacial score (nSPS) is 14.2. The molecule has 48 heavy (non-hydrogen) atoms. The Morgan fingerprint density at radius 2 is 1.42 bits per heavy atom. The Kier molecular flexibility index (Phi) is 11.4. The molecule has 1 aliphatic rings. The van der Waals surface area contributed by atoms with E-state index in [4.69, 9.17) is 0 Å². The molecule has 1 atom stereocenters. The van der Waals surface area contributed by atoms with Crippen molar-refractivity contribution in [3.63, 3.8) is 0 Å². The Morgan fingerprint density at radius 3 is 2.08 bits per heavy atom. The Hall–Kier alpha value is -4.43. The van der Waals surface area contributed by atoms with Crippen molar-refractivity contribution < 1.29 is 18.0 Å². The first-order valence-corrected chi connectivity index (χ1v) is 18.3. The van der Waals surface area contributed by atoms with Gasteiger partial charge in [-0.1, -0.05) is 109 Å². The van der Waals surface area contributed by atoms with E-state index < -0.39 is 28.5 Å². The maximum absolute atomic E-state index is 14.8. The van der Waals surface area contributed by atoms with E-state index in [1.54, 1.807) is 35.2 Å². The van der Waals surface area contributed by atoms with Crippen molar-refractivity contribution in [3.05, 3.63) is 130 Å². The summed E-state index contributed by atoms with van der Waals surface area (Å²) in [5, 5.41) is 3.27. The fourth-order valence-corrected chi connectivity index (χ4v) is 7.98. The van der Waals surface area contributed by atoms with Crippen LogP contribution >= 0.6 is 0 Å². The summed E-state index contributed by atoms with van der Waals surface area (Å²) in [5.41, 5.74) is 5.88. The second-order valence-electron chi connectivity index (χ2n) is 13.1. The van der Waals surface area contributed by atoms with Crippen LogP contribution in [-0.2, 0) is 32.6 Å². The number of amides is 2. The van der Waals surface area contributed by atoms with Crippen LogP contribution in [0.5, 0.6) is 0 Å². The lowest BCUT2D eigenvalue weighted by Gasteiger charge is -2.35. The third-order valence-electron chi connectivity index (χ3n) is 9.33. The van der Waals surface area contributed by atoms with Crippen LogP contribution in [0.3, 0.4) is 0 Å². The predicted molar refractivity (Wildman–Crippen MR) is 192 cm³/mol. The number of sulfonamides is 1. The zero-order chi connectivity index (χ0) is 34.3. The van der Waals surface area contributed by atoms with Crippen molar-refractivity contribution in [1.29, 1.82) is 0 Å². The minimum absolute atomic E-state index is 0.0496.